The van der Waals surface area contributed by atoms with Crippen LogP contribution in [0.5, 0.6) is 0 Å². The Morgan fingerprint density at radius 2 is 1.39 bits per heavy atom. The molecule has 31 heavy (non-hydrogen) atoms. The van der Waals surface area contributed by atoms with Crippen LogP contribution in [0.1, 0.15) is 28.2 Å². The van der Waals surface area contributed by atoms with Crippen molar-refractivity contribution in [1.29, 1.82) is 0 Å². The summed E-state index contributed by atoms with van der Waals surface area (Å²) in [7, 11) is 0. The van der Waals surface area contributed by atoms with Gasteiger partial charge in [0, 0.05) is 5.92 Å². The predicted molar refractivity (Wildman–Crippen MR) is 117 cm³/mol. The summed E-state index contributed by atoms with van der Waals surface area (Å²) in [6, 6.07) is 23.2. The van der Waals surface area contributed by atoms with Crippen LogP contribution in [-0.2, 0) is 22.4 Å². The van der Waals surface area contributed by atoms with E-state index in [9.17, 15) is 14.7 Å². The van der Waals surface area contributed by atoms with E-state index in [1.165, 1.54) is 0 Å². The number of amides is 1. The van der Waals surface area contributed by atoms with E-state index in [-0.39, 0.29) is 18.4 Å². The molecule has 2 N–H and O–H groups in total. The number of carboxylic acid groups (broad SMARTS) is 1. The Morgan fingerprint density at radius 3 is 1.94 bits per heavy atom. The summed E-state index contributed by atoms with van der Waals surface area (Å²) < 4.78 is 5.54. The molecule has 0 heterocycles. The summed E-state index contributed by atoms with van der Waals surface area (Å²) in [6.45, 7) is 0.164. The van der Waals surface area contributed by atoms with E-state index in [0.29, 0.717) is 12.8 Å². The molecule has 0 unspecified atom stereocenters. The maximum absolute atomic E-state index is 12.6. The number of nitrogens with one attached hydrogen (secondary N) is 1. The van der Waals surface area contributed by atoms with Gasteiger partial charge in [0.15, 0.2) is 0 Å². The average Bonchev–Trinajstić information content (AvgIpc) is 3.35. The van der Waals surface area contributed by atoms with Crippen LogP contribution in [0.4, 0.5) is 4.79 Å². The number of ether oxygens (including phenoxy) is 1. The van der Waals surface area contributed by atoms with Gasteiger partial charge in [-0.15, -0.1) is 0 Å². The Balaban J connectivity index is 1.27. The van der Waals surface area contributed by atoms with Gasteiger partial charge >= 0.3 is 12.1 Å². The van der Waals surface area contributed by atoms with Crippen molar-refractivity contribution in [3.05, 3.63) is 95.1 Å². The van der Waals surface area contributed by atoms with E-state index in [4.69, 9.17) is 4.74 Å². The molecule has 0 spiro atoms. The van der Waals surface area contributed by atoms with Crippen molar-refractivity contribution >= 4 is 12.1 Å². The van der Waals surface area contributed by atoms with Gasteiger partial charge in [-0.3, -0.25) is 0 Å². The molecular weight excluding hydrogens is 390 g/mol. The van der Waals surface area contributed by atoms with Gasteiger partial charge in [0.05, 0.1) is 0 Å². The summed E-state index contributed by atoms with van der Waals surface area (Å²) in [5.41, 5.74) is 6.84. The normalized spacial score (nSPS) is 15.6. The van der Waals surface area contributed by atoms with Gasteiger partial charge in [-0.05, 0) is 52.1 Å². The number of benzene rings is 3. The number of fused-ring (bicyclic) bond motifs is 4. The first-order valence-corrected chi connectivity index (χ1v) is 10.5. The molecule has 2 aliphatic carbocycles. The molecule has 5 heteroatoms. The highest BCUT2D eigenvalue weighted by Crippen LogP contribution is 2.44. The minimum Gasteiger partial charge on any atom is -0.480 e. The zero-order chi connectivity index (χ0) is 21.4. The van der Waals surface area contributed by atoms with Crippen LogP contribution in [0.3, 0.4) is 0 Å². The first-order chi connectivity index (χ1) is 15.1. The van der Waals surface area contributed by atoms with Crippen molar-refractivity contribution in [2.45, 2.75) is 24.8 Å². The highest BCUT2D eigenvalue weighted by atomic mass is 16.5. The maximum Gasteiger partial charge on any atom is 0.407 e. The maximum atomic E-state index is 12.6. The number of aliphatic carboxylic acids is 1. The zero-order valence-electron chi connectivity index (χ0n) is 17.0. The minimum absolute atomic E-state index is 0.0582. The topological polar surface area (TPSA) is 75.6 Å². The van der Waals surface area contributed by atoms with Crippen LogP contribution in [0.25, 0.3) is 11.1 Å². The molecule has 2 aliphatic rings. The molecule has 156 valence electrons. The van der Waals surface area contributed by atoms with Crippen molar-refractivity contribution in [1.82, 2.24) is 5.32 Å². The number of rotatable bonds is 5. The Kier molecular flexibility index (Phi) is 4.94. The van der Waals surface area contributed by atoms with Gasteiger partial charge < -0.3 is 15.2 Å². The molecule has 1 atom stereocenters. The van der Waals surface area contributed by atoms with Crippen molar-refractivity contribution in [2.24, 2.45) is 5.92 Å². The van der Waals surface area contributed by atoms with Gasteiger partial charge in [0.2, 0.25) is 0 Å². The van der Waals surface area contributed by atoms with Crippen molar-refractivity contribution < 1.29 is 19.4 Å². The van der Waals surface area contributed by atoms with E-state index in [2.05, 4.69) is 29.6 Å². The highest BCUT2D eigenvalue weighted by Gasteiger charge is 2.35. The molecule has 1 amide bonds. The number of carbonyl (C=O) groups is 2. The smallest absolute Gasteiger partial charge is 0.407 e. The van der Waals surface area contributed by atoms with Crippen LogP contribution in [0, 0.1) is 5.92 Å². The largest absolute Gasteiger partial charge is 0.480 e. The lowest BCUT2D eigenvalue weighted by Crippen LogP contribution is -2.46. The molecule has 3 aromatic carbocycles. The predicted octanol–water partition coefficient (Wildman–Crippen LogP) is 4.39. The van der Waals surface area contributed by atoms with Crippen molar-refractivity contribution in [3.8, 4) is 11.1 Å². The third-order valence-corrected chi connectivity index (χ3v) is 6.44. The number of hydrogen-bond acceptors (Lipinski definition) is 3. The van der Waals surface area contributed by atoms with E-state index in [0.717, 1.165) is 33.4 Å². The third kappa shape index (κ3) is 3.56. The molecule has 5 rings (SSSR count). The fourth-order valence-corrected chi connectivity index (χ4v) is 4.98. The van der Waals surface area contributed by atoms with Crippen LogP contribution in [0.2, 0.25) is 0 Å². The van der Waals surface area contributed by atoms with Gasteiger partial charge in [0.25, 0.3) is 0 Å². The first-order valence-electron chi connectivity index (χ1n) is 10.5. The molecule has 5 nitrogen and oxygen atoms in total. The SMILES string of the molecule is O=C(N[C@@H](C(=O)O)C1Cc2ccccc2C1)OCC1c2ccccc2-c2ccccc21. The van der Waals surface area contributed by atoms with Gasteiger partial charge in [-0.25, -0.2) is 9.59 Å². The summed E-state index contributed by atoms with van der Waals surface area (Å²) in [5.74, 6) is -1.28. The van der Waals surface area contributed by atoms with Gasteiger partial charge in [-0.1, -0.05) is 72.8 Å². The molecule has 0 saturated heterocycles. The standard InChI is InChI=1S/C26H23NO4/c28-25(29)24(18-13-16-7-1-2-8-17(16)14-18)27-26(30)31-15-23-21-11-5-3-9-19(21)20-10-4-6-12-22(20)23/h1-12,18,23-24H,13-15H2,(H,27,30)(H,28,29)/t24-/m1/s1. The highest BCUT2D eigenvalue weighted by molar-refractivity contribution is 5.81. The van der Waals surface area contributed by atoms with Gasteiger partial charge in [0.1, 0.15) is 12.6 Å². The first kappa shape index (κ1) is 19.4. The van der Waals surface area contributed by atoms with Crippen LogP contribution < -0.4 is 5.32 Å². The fourth-order valence-electron chi connectivity index (χ4n) is 4.98. The molecule has 0 aliphatic heterocycles. The van der Waals surface area contributed by atoms with E-state index in [1.807, 2.05) is 48.5 Å². The van der Waals surface area contributed by atoms with Crippen LogP contribution in [-0.4, -0.2) is 29.8 Å². The Hall–Kier alpha value is -3.60. The second-order valence-corrected chi connectivity index (χ2v) is 8.22. The molecule has 0 aromatic heterocycles. The van der Waals surface area contributed by atoms with E-state index < -0.39 is 18.1 Å². The lowest BCUT2D eigenvalue weighted by atomic mass is 9.96. The Morgan fingerprint density at radius 1 is 0.871 bits per heavy atom. The molecular formula is C26H23NO4. The van der Waals surface area contributed by atoms with Gasteiger partial charge in [-0.2, -0.15) is 0 Å². The van der Waals surface area contributed by atoms with Crippen molar-refractivity contribution in [3.63, 3.8) is 0 Å². The van der Waals surface area contributed by atoms with Crippen LogP contribution in [0.15, 0.2) is 72.8 Å². The van der Waals surface area contributed by atoms with Crippen molar-refractivity contribution in [2.75, 3.05) is 6.61 Å². The number of carbonyl (C=O) groups excluding carboxylic acids is 1. The fraction of sp³-hybridized carbons (Fsp3) is 0.231. The number of hydrogen-bond donors (Lipinski definition) is 2. The monoisotopic (exact) mass is 413 g/mol. The minimum atomic E-state index is -1.04. The third-order valence-electron chi connectivity index (χ3n) is 6.44. The zero-order valence-corrected chi connectivity index (χ0v) is 17.0. The molecule has 0 saturated carbocycles. The molecule has 0 bridgehead atoms. The molecule has 0 radical (unpaired) electrons. The second kappa shape index (κ2) is 7.91. The molecule has 3 aromatic rings. The summed E-state index contributed by atoms with van der Waals surface area (Å²) in [6.07, 6.45) is 0.582. The number of carboxylic acids is 1. The Labute approximate surface area is 180 Å². The molecule has 0 fully saturated rings. The van der Waals surface area contributed by atoms with E-state index >= 15 is 0 Å². The average molecular weight is 413 g/mol. The lowest BCUT2D eigenvalue weighted by molar-refractivity contribution is -0.140. The summed E-state index contributed by atoms with van der Waals surface area (Å²) in [5, 5.41) is 12.3. The summed E-state index contributed by atoms with van der Waals surface area (Å²) >= 11 is 0. The van der Waals surface area contributed by atoms with Crippen LogP contribution >= 0.6 is 0 Å². The second-order valence-electron chi connectivity index (χ2n) is 8.22. The number of alkyl carbamates (subject to hydrolysis) is 1. The van der Waals surface area contributed by atoms with E-state index in [1.54, 1.807) is 0 Å². The Bertz CT molecular complexity index is 1080. The quantitative estimate of drug-likeness (QED) is 0.650. The lowest BCUT2D eigenvalue weighted by Gasteiger charge is -2.21. The summed E-state index contributed by atoms with van der Waals surface area (Å²) in [4.78, 5) is 24.5.